The van der Waals surface area contributed by atoms with Gasteiger partial charge in [0.25, 0.3) is 6.71 Å². The molecule has 0 radical (unpaired) electrons. The maximum absolute atomic E-state index is 2.62. The third-order valence-corrected chi connectivity index (χ3v) is 29.1. The molecule has 24 rings (SSSR count). The molecule has 9 heterocycles. The summed E-state index contributed by atoms with van der Waals surface area (Å²) in [5.41, 5.74) is 41.1. The van der Waals surface area contributed by atoms with Gasteiger partial charge >= 0.3 is 0 Å². The van der Waals surface area contributed by atoms with Crippen LogP contribution in [-0.2, 0) is 37.9 Å². The van der Waals surface area contributed by atoms with Crippen LogP contribution < -0.4 is 26.2 Å². The zero-order valence-corrected chi connectivity index (χ0v) is 79.8. The highest BCUT2D eigenvalue weighted by Crippen LogP contribution is 2.60. The predicted molar refractivity (Wildman–Crippen MR) is 554 cm³/mol. The molecule has 638 valence electrons. The Morgan fingerprint density at radius 1 is 0.219 bits per heavy atom. The standard InChI is InChI=1S/C123H123BN4/c1-115(2,3)82-46-34-76(35-47-82)94-28-25-29-95(77-36-48-83(49-37-77)116(4,5)6)112(94)80-42-58-90(59-43-80)125-108-32-27-33-109-114(108)124(102-64-62-92(74-110(102)125)127-104-66-54-86(118(10,11)12)70-98(104)99-71-87(119(13,14)15)55-67-105(99)127)103-65-63-93-75-111(103)126(109)91-60-44-81(45-61-91)113-96(78-38-50-84(51-39-78)117(7,8)9)30-26-31-97(113)79-40-52-85(53-41-79)123(121(19,20)21,122(22,23)24)89-57-69-107-101(73-89)100-72-88(120(16,17)18)56-68-106(100)128(93)107/h25-75H,1-24H3. The number of aromatic nitrogens is 2. The van der Waals surface area contributed by atoms with Gasteiger partial charge in [-0.25, -0.2) is 0 Å². The third-order valence-electron chi connectivity index (χ3n) is 29.1. The van der Waals surface area contributed by atoms with Crippen LogP contribution in [0.4, 0.5) is 34.1 Å². The fourth-order valence-corrected chi connectivity index (χ4v) is 22.6. The van der Waals surface area contributed by atoms with Crippen LogP contribution in [0, 0.1) is 10.8 Å². The second-order valence-electron chi connectivity index (χ2n) is 45.5. The largest absolute Gasteiger partial charge is 0.311 e. The summed E-state index contributed by atoms with van der Waals surface area (Å²) < 4.78 is 5.14. The Balaban J connectivity index is 0.858. The van der Waals surface area contributed by atoms with E-state index in [2.05, 4.69) is 494 Å². The van der Waals surface area contributed by atoms with Gasteiger partial charge in [0.05, 0.1) is 22.1 Å². The van der Waals surface area contributed by atoms with Crippen molar-refractivity contribution in [1.82, 2.24) is 9.13 Å². The zero-order chi connectivity index (χ0) is 90.0. The molecule has 0 saturated carbocycles. The molecule has 2 aromatic heterocycles. The summed E-state index contributed by atoms with van der Waals surface area (Å²) in [6, 6.07) is 123. The molecule has 0 amide bonds. The Morgan fingerprint density at radius 2 is 0.484 bits per heavy atom. The maximum Gasteiger partial charge on any atom is 0.252 e. The number of benzene rings is 15. The van der Waals surface area contributed by atoms with E-state index in [-0.39, 0.29) is 50.0 Å². The van der Waals surface area contributed by atoms with Gasteiger partial charge in [0.2, 0.25) is 0 Å². The second kappa shape index (κ2) is 29.3. The lowest BCUT2D eigenvalue weighted by molar-refractivity contribution is 0.0908. The summed E-state index contributed by atoms with van der Waals surface area (Å²) in [6.07, 6.45) is 0. The first-order valence-electron chi connectivity index (χ1n) is 46.6. The van der Waals surface area contributed by atoms with E-state index in [1.54, 1.807) is 0 Å². The Morgan fingerprint density at radius 3 is 0.797 bits per heavy atom. The molecule has 0 saturated heterocycles. The molecule has 0 N–H and O–H groups in total. The number of nitrogens with zero attached hydrogens (tertiary/aromatic N) is 4. The minimum absolute atomic E-state index is 0.00111. The average molecular weight is 1670 g/mol. The van der Waals surface area contributed by atoms with Crippen LogP contribution in [0.25, 0.3) is 122 Å². The van der Waals surface area contributed by atoms with E-state index in [9.17, 15) is 0 Å². The number of hydrogen-bond donors (Lipinski definition) is 0. The van der Waals surface area contributed by atoms with Gasteiger partial charge in [-0.3, -0.25) is 0 Å². The Hall–Kier alpha value is -12.4. The third kappa shape index (κ3) is 13.6. The molecule has 10 bridgehead atoms. The molecule has 7 aliphatic heterocycles. The number of anilines is 6. The molecular formula is C123H123BN4. The maximum atomic E-state index is 2.62. The van der Waals surface area contributed by atoms with Crippen LogP contribution in [0.1, 0.15) is 211 Å². The van der Waals surface area contributed by atoms with E-state index in [1.807, 2.05) is 0 Å². The van der Waals surface area contributed by atoms with Crippen molar-refractivity contribution in [2.24, 2.45) is 10.8 Å². The van der Waals surface area contributed by atoms with E-state index in [0.29, 0.717) is 0 Å². The molecule has 17 aromatic rings. The van der Waals surface area contributed by atoms with Crippen LogP contribution in [0.2, 0.25) is 0 Å². The van der Waals surface area contributed by atoms with Crippen molar-refractivity contribution >= 4 is 101 Å². The summed E-state index contributed by atoms with van der Waals surface area (Å²) in [6.45, 7) is 56.5. The molecule has 0 unspecified atom stereocenters. The summed E-state index contributed by atoms with van der Waals surface area (Å²) >= 11 is 0. The first-order chi connectivity index (χ1) is 60.5. The number of rotatable bonds is 6. The van der Waals surface area contributed by atoms with Gasteiger partial charge in [0.15, 0.2) is 0 Å². The molecule has 5 heteroatoms. The van der Waals surface area contributed by atoms with E-state index >= 15 is 0 Å². The first-order valence-corrected chi connectivity index (χ1v) is 46.6. The monoisotopic (exact) mass is 1670 g/mol. The molecule has 4 nitrogen and oxygen atoms in total. The summed E-state index contributed by atoms with van der Waals surface area (Å²) in [5, 5.41) is 5.04. The number of fused-ring (bicyclic) bond motifs is 8. The van der Waals surface area contributed by atoms with Crippen LogP contribution in [0.5, 0.6) is 0 Å². The van der Waals surface area contributed by atoms with Crippen molar-refractivity contribution in [3.8, 4) is 78.1 Å². The smallest absolute Gasteiger partial charge is 0.252 e. The molecule has 15 aromatic carbocycles. The minimum Gasteiger partial charge on any atom is -0.311 e. The highest BCUT2D eigenvalue weighted by Gasteiger charge is 2.54. The number of hydrogen-bond acceptors (Lipinski definition) is 2. The summed E-state index contributed by atoms with van der Waals surface area (Å²) in [5.74, 6) is 0. The molecule has 0 atom stereocenters. The Bertz CT molecular complexity index is 7150. The van der Waals surface area contributed by atoms with Crippen LogP contribution in [-0.4, -0.2) is 15.8 Å². The van der Waals surface area contributed by atoms with Gasteiger partial charge in [0, 0.05) is 72.5 Å². The molecule has 128 heavy (non-hydrogen) atoms. The van der Waals surface area contributed by atoms with Crippen molar-refractivity contribution < 1.29 is 0 Å². The van der Waals surface area contributed by atoms with Crippen LogP contribution in [0.3, 0.4) is 0 Å². The van der Waals surface area contributed by atoms with E-state index in [0.717, 1.165) is 56.6 Å². The topological polar surface area (TPSA) is 16.3 Å². The minimum atomic E-state index is -0.459. The van der Waals surface area contributed by atoms with Gasteiger partial charge in [-0.15, -0.1) is 0 Å². The first kappa shape index (κ1) is 83.8. The molecule has 0 aliphatic carbocycles. The quantitative estimate of drug-likeness (QED) is 0.154. The fraction of sp³-hybridized carbons (Fsp3) is 0.268. The second-order valence-corrected chi connectivity index (χ2v) is 45.5. The van der Waals surface area contributed by atoms with E-state index in [1.165, 1.54) is 160 Å². The Labute approximate surface area is 761 Å². The van der Waals surface area contributed by atoms with Gasteiger partial charge in [-0.05, 0) is 280 Å². The van der Waals surface area contributed by atoms with Crippen molar-refractivity contribution in [1.29, 1.82) is 0 Å². The molecule has 7 aliphatic rings. The van der Waals surface area contributed by atoms with Crippen LogP contribution in [0.15, 0.2) is 309 Å². The van der Waals surface area contributed by atoms with Gasteiger partial charge in [0.1, 0.15) is 0 Å². The normalized spacial score (nSPS) is 14.1. The lowest BCUT2D eigenvalue weighted by Gasteiger charge is -2.55. The van der Waals surface area contributed by atoms with Gasteiger partial charge < -0.3 is 18.9 Å². The van der Waals surface area contributed by atoms with Gasteiger partial charge in [-0.2, -0.15) is 0 Å². The predicted octanol–water partition coefficient (Wildman–Crippen LogP) is 32.4. The SMILES string of the molecule is CC(C)(C)c1ccc(-c2cccc(-c3ccc(C(C)(C)C)cc3)c2-c2ccc(N3c4cc(-n5c6ccc(C(C)(C)C)cc6c6cc(C(C)(C)C)ccc65)ccc4B4c5ccc6cc5N(c5ccc(cc5)-c5c(-c7ccc(C(C)(C)C)cc7)cccc5-c5ccc(cc5)C(C(C)(C)C)(C(C)(C)C)c5ccc7c(c5)c5cc(C(C)(C)C)ccc5n7-6)c5cccc3c54)cc2)cc1. The highest BCUT2D eigenvalue weighted by molar-refractivity contribution is 7.00. The van der Waals surface area contributed by atoms with Gasteiger partial charge in [-0.1, -0.05) is 366 Å². The zero-order valence-electron chi connectivity index (χ0n) is 79.8. The highest BCUT2D eigenvalue weighted by atomic mass is 15.2. The van der Waals surface area contributed by atoms with E-state index < -0.39 is 5.41 Å². The summed E-state index contributed by atoms with van der Waals surface area (Å²) in [7, 11) is 0. The van der Waals surface area contributed by atoms with Crippen molar-refractivity contribution in [3.63, 3.8) is 0 Å². The summed E-state index contributed by atoms with van der Waals surface area (Å²) in [4.78, 5) is 5.24. The average Bonchev–Trinajstić information content (AvgIpc) is 0.985. The Kier molecular flexibility index (Phi) is 19.2. The molecule has 0 fully saturated rings. The lowest BCUT2D eigenvalue weighted by atomic mass is 9.33. The molecule has 0 spiro atoms. The van der Waals surface area contributed by atoms with Crippen molar-refractivity contribution in [2.75, 3.05) is 9.80 Å². The molecular weight excluding hydrogens is 1540 g/mol. The van der Waals surface area contributed by atoms with Crippen molar-refractivity contribution in [2.45, 2.75) is 204 Å². The van der Waals surface area contributed by atoms with Crippen LogP contribution >= 0.6 is 0 Å². The lowest BCUT2D eigenvalue weighted by Crippen LogP contribution is -2.61. The van der Waals surface area contributed by atoms with E-state index in [4.69, 9.17) is 0 Å². The van der Waals surface area contributed by atoms with Crippen molar-refractivity contribution in [3.05, 3.63) is 354 Å². The fourth-order valence-electron chi connectivity index (χ4n) is 22.6.